The number of amides is 1. The number of halogens is 1. The quantitative estimate of drug-likeness (QED) is 0.381. The van der Waals surface area contributed by atoms with Crippen LogP contribution in [0.2, 0.25) is 0 Å². The maximum Gasteiger partial charge on any atom is 0.258 e. The van der Waals surface area contributed by atoms with E-state index in [-0.39, 0.29) is 17.8 Å². The maximum absolute atomic E-state index is 13.4. The molecule has 1 N–H and O–H groups in total. The van der Waals surface area contributed by atoms with Crippen LogP contribution in [0.1, 0.15) is 34.5 Å². The summed E-state index contributed by atoms with van der Waals surface area (Å²) in [5, 5.41) is 3.40. The van der Waals surface area contributed by atoms with Crippen molar-refractivity contribution in [2.24, 2.45) is 0 Å². The van der Waals surface area contributed by atoms with Gasteiger partial charge in [0.1, 0.15) is 11.6 Å². The molecule has 160 valence electrons. The summed E-state index contributed by atoms with van der Waals surface area (Å²) < 4.78 is 13.4. The Hall–Kier alpha value is -3.99. The molecule has 4 aromatic rings. The molecule has 4 rings (SSSR count). The maximum atomic E-state index is 13.4. The number of hydrogen-bond acceptors (Lipinski definition) is 3. The molecule has 5 heteroatoms. The van der Waals surface area contributed by atoms with Crippen LogP contribution in [0.25, 0.3) is 0 Å². The number of hydrogen-bond donors (Lipinski definition) is 1. The molecule has 0 unspecified atom stereocenters. The molecule has 1 atom stereocenters. The van der Waals surface area contributed by atoms with Gasteiger partial charge in [0.15, 0.2) is 0 Å². The number of rotatable bonds is 7. The Balaban J connectivity index is 1.63. The molecule has 0 bridgehead atoms. The van der Waals surface area contributed by atoms with E-state index in [1.165, 1.54) is 12.1 Å². The molecule has 3 aromatic carbocycles. The second-order valence-electron chi connectivity index (χ2n) is 7.56. The average Bonchev–Trinajstić information content (AvgIpc) is 2.84. The summed E-state index contributed by atoms with van der Waals surface area (Å²) in [5.74, 6) is 0.229. The minimum Gasteiger partial charge on any atom is -0.363 e. The minimum absolute atomic E-state index is 0.0503. The van der Waals surface area contributed by atoms with Crippen LogP contribution in [0.5, 0.6) is 0 Å². The van der Waals surface area contributed by atoms with Gasteiger partial charge in [-0.25, -0.2) is 9.37 Å². The molecule has 0 spiro atoms. The van der Waals surface area contributed by atoms with Crippen LogP contribution in [-0.4, -0.2) is 10.9 Å². The number of nitrogens with one attached hydrogen (secondary N) is 1. The van der Waals surface area contributed by atoms with Crippen LogP contribution >= 0.6 is 0 Å². The summed E-state index contributed by atoms with van der Waals surface area (Å²) in [5.41, 5.74) is 3.27. The molecule has 1 heterocycles. The largest absolute Gasteiger partial charge is 0.363 e. The van der Waals surface area contributed by atoms with Crippen LogP contribution in [0.15, 0.2) is 103 Å². The van der Waals surface area contributed by atoms with Gasteiger partial charge < -0.3 is 10.2 Å². The Morgan fingerprint density at radius 1 is 0.938 bits per heavy atom. The summed E-state index contributed by atoms with van der Waals surface area (Å²) in [4.78, 5) is 19.5. The zero-order valence-corrected chi connectivity index (χ0v) is 17.8. The summed E-state index contributed by atoms with van der Waals surface area (Å²) >= 11 is 0. The second kappa shape index (κ2) is 9.88. The highest BCUT2D eigenvalue weighted by Crippen LogP contribution is 2.25. The van der Waals surface area contributed by atoms with Crippen molar-refractivity contribution >= 4 is 17.4 Å². The third-order valence-corrected chi connectivity index (χ3v) is 5.24. The summed E-state index contributed by atoms with van der Waals surface area (Å²) in [6.07, 6.45) is 1.69. The van der Waals surface area contributed by atoms with Gasteiger partial charge in [-0.2, -0.15) is 0 Å². The highest BCUT2D eigenvalue weighted by Gasteiger charge is 2.19. The predicted octanol–water partition coefficient (Wildman–Crippen LogP) is 6.24. The van der Waals surface area contributed by atoms with Crippen molar-refractivity contribution in [2.75, 3.05) is 10.2 Å². The number of anilines is 2. The lowest BCUT2D eigenvalue weighted by Gasteiger charge is -2.24. The smallest absolute Gasteiger partial charge is 0.258 e. The normalized spacial score (nSPS) is 11.6. The molecule has 0 fully saturated rings. The van der Waals surface area contributed by atoms with Crippen LogP contribution < -0.4 is 10.2 Å². The molecule has 4 nitrogen and oxygen atoms in total. The summed E-state index contributed by atoms with van der Waals surface area (Å²) in [6.45, 7) is 2.38. The fraction of sp³-hybridized carbons (Fsp3) is 0.111. The Bertz CT molecular complexity index is 1160. The average molecular weight is 426 g/mol. The first kappa shape index (κ1) is 21.2. The first-order valence-electron chi connectivity index (χ1n) is 10.5. The third kappa shape index (κ3) is 5.19. The van der Waals surface area contributed by atoms with Gasteiger partial charge in [0.05, 0.1) is 6.54 Å². The zero-order valence-electron chi connectivity index (χ0n) is 17.8. The fourth-order valence-corrected chi connectivity index (χ4v) is 3.50. The van der Waals surface area contributed by atoms with Gasteiger partial charge in [-0.15, -0.1) is 0 Å². The van der Waals surface area contributed by atoms with E-state index in [1.54, 1.807) is 35.4 Å². The lowest BCUT2D eigenvalue weighted by molar-refractivity contribution is 0.0985. The van der Waals surface area contributed by atoms with Gasteiger partial charge in [-0.1, -0.05) is 60.7 Å². The number of aromatic nitrogens is 1. The van der Waals surface area contributed by atoms with Crippen molar-refractivity contribution in [3.8, 4) is 0 Å². The third-order valence-electron chi connectivity index (χ3n) is 5.24. The van der Waals surface area contributed by atoms with Crippen molar-refractivity contribution in [1.29, 1.82) is 0 Å². The first-order chi connectivity index (χ1) is 15.6. The van der Waals surface area contributed by atoms with E-state index >= 15 is 0 Å². The highest BCUT2D eigenvalue weighted by molar-refractivity contribution is 6.06. The molecule has 0 aliphatic heterocycles. The van der Waals surface area contributed by atoms with E-state index in [0.29, 0.717) is 23.6 Å². The molecule has 1 aromatic heterocycles. The van der Waals surface area contributed by atoms with Gasteiger partial charge in [0.2, 0.25) is 0 Å². The van der Waals surface area contributed by atoms with Gasteiger partial charge in [0, 0.05) is 29.6 Å². The topological polar surface area (TPSA) is 45.2 Å². The van der Waals surface area contributed by atoms with E-state index in [2.05, 4.69) is 29.4 Å². The molecule has 0 radical (unpaired) electrons. The molecule has 32 heavy (non-hydrogen) atoms. The van der Waals surface area contributed by atoms with E-state index in [0.717, 1.165) is 11.1 Å². The Labute approximate surface area is 187 Å². The van der Waals surface area contributed by atoms with Gasteiger partial charge in [-0.3, -0.25) is 4.79 Å². The van der Waals surface area contributed by atoms with Crippen LogP contribution in [0.4, 0.5) is 15.9 Å². The highest BCUT2D eigenvalue weighted by atomic mass is 19.1. The van der Waals surface area contributed by atoms with E-state index < -0.39 is 0 Å². The molecule has 0 aliphatic carbocycles. The monoisotopic (exact) mass is 425 g/mol. The SMILES string of the molecule is C[C@@H](Nc1cc(N(Cc2ccc(F)cc2)C(=O)c2ccccc2)ccn1)c1ccccc1. The molecule has 0 saturated heterocycles. The number of carbonyl (C=O) groups is 1. The molecule has 0 saturated carbocycles. The van der Waals surface area contributed by atoms with Crippen LogP contribution in [0.3, 0.4) is 0 Å². The lowest BCUT2D eigenvalue weighted by atomic mass is 10.1. The number of pyridine rings is 1. The Morgan fingerprint density at radius 2 is 1.59 bits per heavy atom. The van der Waals surface area contributed by atoms with E-state index in [9.17, 15) is 9.18 Å². The minimum atomic E-state index is -0.306. The number of carbonyl (C=O) groups excluding carboxylic acids is 1. The standard InChI is InChI=1S/C27H24FN3O/c1-20(22-8-4-2-5-9-22)30-26-18-25(16-17-29-26)31(19-21-12-14-24(28)15-13-21)27(32)23-10-6-3-7-11-23/h2-18,20H,19H2,1H3,(H,29,30)/t20-/m1/s1. The van der Waals surface area contributed by atoms with Crippen molar-refractivity contribution in [1.82, 2.24) is 4.98 Å². The summed E-state index contributed by atoms with van der Waals surface area (Å²) in [6, 6.07) is 29.1. The molecular formula is C27H24FN3O. The first-order valence-corrected chi connectivity index (χ1v) is 10.5. The van der Waals surface area contributed by atoms with Gasteiger partial charge in [0.25, 0.3) is 5.91 Å². The van der Waals surface area contributed by atoms with Crippen LogP contribution in [-0.2, 0) is 6.54 Å². The van der Waals surface area contributed by atoms with Gasteiger partial charge in [-0.05, 0) is 48.4 Å². The molecular weight excluding hydrogens is 401 g/mol. The van der Waals surface area contributed by atoms with Crippen LogP contribution in [0, 0.1) is 5.82 Å². The fourth-order valence-electron chi connectivity index (χ4n) is 3.50. The van der Waals surface area contributed by atoms with Crippen molar-refractivity contribution in [3.05, 3.63) is 126 Å². The number of benzene rings is 3. The number of nitrogens with zero attached hydrogens (tertiary/aromatic N) is 2. The van der Waals surface area contributed by atoms with Crippen molar-refractivity contribution in [2.45, 2.75) is 19.5 Å². The van der Waals surface area contributed by atoms with E-state index in [1.807, 2.05) is 48.5 Å². The Kier molecular flexibility index (Phi) is 6.56. The van der Waals surface area contributed by atoms with Crippen molar-refractivity contribution in [3.63, 3.8) is 0 Å². The summed E-state index contributed by atoms with van der Waals surface area (Å²) in [7, 11) is 0. The molecule has 0 aliphatic rings. The Morgan fingerprint density at radius 3 is 2.28 bits per heavy atom. The molecule has 1 amide bonds. The van der Waals surface area contributed by atoms with Crippen molar-refractivity contribution < 1.29 is 9.18 Å². The van der Waals surface area contributed by atoms with E-state index in [4.69, 9.17) is 0 Å². The zero-order chi connectivity index (χ0) is 22.3. The predicted molar refractivity (Wildman–Crippen MR) is 126 cm³/mol. The lowest BCUT2D eigenvalue weighted by Crippen LogP contribution is -2.30. The second-order valence-corrected chi connectivity index (χ2v) is 7.56. The van der Waals surface area contributed by atoms with Gasteiger partial charge >= 0.3 is 0 Å².